The van der Waals surface area contributed by atoms with Gasteiger partial charge in [-0.25, -0.2) is 9.79 Å². The minimum atomic E-state index is -0.294. The number of ether oxygens (including phenoxy) is 1. The number of nitrogens with zero attached hydrogens (tertiary/aromatic N) is 2. The first-order valence-corrected chi connectivity index (χ1v) is 7.71. The Morgan fingerprint density at radius 3 is 2.81 bits per heavy atom. The van der Waals surface area contributed by atoms with Gasteiger partial charge < -0.3 is 15.4 Å². The topological polar surface area (TPSA) is 67.9 Å². The molecule has 0 aromatic heterocycles. The molecule has 1 saturated heterocycles. The molecule has 0 bridgehead atoms. The van der Waals surface area contributed by atoms with Crippen LogP contribution < -0.4 is 5.73 Å². The summed E-state index contributed by atoms with van der Waals surface area (Å²) in [6, 6.07) is 0. The van der Waals surface area contributed by atoms with Gasteiger partial charge in [0.25, 0.3) is 0 Å². The largest absolute Gasteiger partial charge is 0.462 e. The Kier molecular flexibility index (Phi) is 5.56. The molecule has 0 aromatic carbocycles. The average Bonchev–Trinajstić information content (AvgIpc) is 2.70. The number of esters is 1. The Labute approximate surface area is 126 Å². The molecular formula is C16H25N3O2. The third-order valence-corrected chi connectivity index (χ3v) is 4.09. The monoisotopic (exact) mass is 291 g/mol. The van der Waals surface area contributed by atoms with Crippen LogP contribution in [0.1, 0.15) is 33.1 Å². The van der Waals surface area contributed by atoms with Gasteiger partial charge in [0, 0.05) is 19.3 Å². The predicted molar refractivity (Wildman–Crippen MR) is 83.9 cm³/mol. The van der Waals surface area contributed by atoms with Gasteiger partial charge in [0.05, 0.1) is 12.2 Å². The van der Waals surface area contributed by atoms with Crippen molar-refractivity contribution in [3.8, 4) is 0 Å². The van der Waals surface area contributed by atoms with Gasteiger partial charge >= 0.3 is 5.97 Å². The number of likely N-dealkylation sites (tertiary alicyclic amines) is 1. The van der Waals surface area contributed by atoms with E-state index < -0.39 is 0 Å². The third kappa shape index (κ3) is 3.94. The molecular weight excluding hydrogens is 266 g/mol. The highest BCUT2D eigenvalue weighted by molar-refractivity contribution is 6.09. The standard InChI is InChI=1S/C16H25N3O2/c1-3-21-16(20)14-5-4-12(2)15(18-11-14)19-8-6-13(10-17)7-9-19/h5,11,13H,3-4,6-10,17H2,1-2H3. The van der Waals surface area contributed by atoms with Crippen molar-refractivity contribution in [1.82, 2.24) is 4.90 Å². The third-order valence-electron chi connectivity index (χ3n) is 4.09. The minimum Gasteiger partial charge on any atom is -0.462 e. The summed E-state index contributed by atoms with van der Waals surface area (Å²) in [5.74, 6) is 1.34. The van der Waals surface area contributed by atoms with Gasteiger partial charge in [-0.2, -0.15) is 0 Å². The van der Waals surface area contributed by atoms with Crippen molar-refractivity contribution in [1.29, 1.82) is 0 Å². The first-order chi connectivity index (χ1) is 10.2. The molecule has 1 fully saturated rings. The van der Waals surface area contributed by atoms with Gasteiger partial charge in [-0.3, -0.25) is 0 Å². The summed E-state index contributed by atoms with van der Waals surface area (Å²) in [6.45, 7) is 7.01. The molecule has 2 rings (SSSR count). The minimum absolute atomic E-state index is 0.294. The number of hydrogen-bond donors (Lipinski definition) is 1. The zero-order valence-electron chi connectivity index (χ0n) is 13.0. The van der Waals surface area contributed by atoms with E-state index in [1.54, 1.807) is 6.21 Å². The van der Waals surface area contributed by atoms with Crippen LogP contribution >= 0.6 is 0 Å². The highest BCUT2D eigenvalue weighted by atomic mass is 16.5. The smallest absolute Gasteiger partial charge is 0.339 e. The molecule has 0 aliphatic carbocycles. The molecule has 5 nitrogen and oxygen atoms in total. The fourth-order valence-electron chi connectivity index (χ4n) is 2.73. The molecule has 0 unspecified atom stereocenters. The van der Waals surface area contributed by atoms with E-state index in [-0.39, 0.29) is 5.97 Å². The van der Waals surface area contributed by atoms with Crippen LogP contribution in [0.4, 0.5) is 0 Å². The molecule has 2 N–H and O–H groups in total. The molecule has 0 radical (unpaired) electrons. The maximum atomic E-state index is 11.8. The zero-order valence-corrected chi connectivity index (χ0v) is 13.0. The maximum Gasteiger partial charge on any atom is 0.339 e. The molecule has 21 heavy (non-hydrogen) atoms. The molecule has 2 aliphatic rings. The highest BCUT2D eigenvalue weighted by Gasteiger charge is 2.22. The van der Waals surface area contributed by atoms with E-state index in [9.17, 15) is 4.79 Å². The van der Waals surface area contributed by atoms with Crippen molar-refractivity contribution < 1.29 is 9.53 Å². The predicted octanol–water partition coefficient (Wildman–Crippen LogP) is 1.85. The van der Waals surface area contributed by atoms with Crippen LogP contribution in [-0.2, 0) is 9.53 Å². The second kappa shape index (κ2) is 7.41. The normalized spacial score (nSPS) is 20.3. The van der Waals surface area contributed by atoms with Crippen LogP contribution in [0, 0.1) is 5.92 Å². The lowest BCUT2D eigenvalue weighted by molar-refractivity contribution is -0.137. The van der Waals surface area contributed by atoms with Crippen LogP contribution in [0.3, 0.4) is 0 Å². The number of hydrogen-bond acceptors (Lipinski definition) is 5. The van der Waals surface area contributed by atoms with E-state index in [0.29, 0.717) is 18.1 Å². The van der Waals surface area contributed by atoms with Crippen molar-refractivity contribution in [3.63, 3.8) is 0 Å². The van der Waals surface area contributed by atoms with Gasteiger partial charge in [0.2, 0.25) is 0 Å². The number of carbonyl (C=O) groups excluding carboxylic acids is 1. The molecule has 5 heteroatoms. The molecule has 116 valence electrons. The van der Waals surface area contributed by atoms with Crippen molar-refractivity contribution in [2.45, 2.75) is 33.1 Å². The number of aliphatic imine (C=N–C) groups is 1. The van der Waals surface area contributed by atoms with E-state index >= 15 is 0 Å². The first-order valence-electron chi connectivity index (χ1n) is 7.71. The Bertz CT molecular complexity index is 472. The second-order valence-corrected chi connectivity index (χ2v) is 5.61. The van der Waals surface area contributed by atoms with Crippen molar-refractivity contribution >= 4 is 12.2 Å². The summed E-state index contributed by atoms with van der Waals surface area (Å²) in [5.41, 5.74) is 7.48. The number of piperidine rings is 1. The molecule has 0 aromatic rings. The van der Waals surface area contributed by atoms with Crippen molar-refractivity contribution in [2.24, 2.45) is 16.6 Å². The quantitative estimate of drug-likeness (QED) is 0.803. The Hall–Kier alpha value is -1.62. The fourth-order valence-corrected chi connectivity index (χ4v) is 2.73. The number of carbonyl (C=O) groups is 1. The van der Waals surface area contributed by atoms with Gasteiger partial charge in [0.15, 0.2) is 0 Å². The molecule has 0 spiro atoms. The van der Waals surface area contributed by atoms with Crippen LogP contribution in [-0.4, -0.2) is 43.3 Å². The van der Waals surface area contributed by atoms with Crippen LogP contribution in [0.15, 0.2) is 28.0 Å². The van der Waals surface area contributed by atoms with E-state index in [2.05, 4.69) is 16.8 Å². The SMILES string of the molecule is CCOC(=O)C1=CCC(C)=C(N2CCC(CN)CC2)N=C1. The molecule has 0 saturated carbocycles. The Balaban J connectivity index is 2.05. The van der Waals surface area contributed by atoms with E-state index in [1.807, 2.05) is 13.0 Å². The average molecular weight is 291 g/mol. The Morgan fingerprint density at radius 2 is 2.19 bits per heavy atom. The van der Waals surface area contributed by atoms with Gasteiger partial charge in [-0.15, -0.1) is 0 Å². The van der Waals surface area contributed by atoms with E-state index in [0.717, 1.165) is 44.7 Å². The lowest BCUT2D eigenvalue weighted by atomic mass is 9.97. The summed E-state index contributed by atoms with van der Waals surface area (Å²) in [5, 5.41) is 0. The maximum absolute atomic E-state index is 11.8. The number of allylic oxidation sites excluding steroid dienone is 2. The van der Waals surface area contributed by atoms with Crippen LogP contribution in [0.25, 0.3) is 0 Å². The summed E-state index contributed by atoms with van der Waals surface area (Å²) >= 11 is 0. The first kappa shape index (κ1) is 15.8. The van der Waals surface area contributed by atoms with Gasteiger partial charge in [0.1, 0.15) is 5.82 Å². The van der Waals surface area contributed by atoms with E-state index in [4.69, 9.17) is 10.5 Å². The summed E-state index contributed by atoms with van der Waals surface area (Å²) in [7, 11) is 0. The Morgan fingerprint density at radius 1 is 1.48 bits per heavy atom. The lowest BCUT2D eigenvalue weighted by Gasteiger charge is -2.33. The van der Waals surface area contributed by atoms with Gasteiger partial charge in [-0.1, -0.05) is 6.08 Å². The summed E-state index contributed by atoms with van der Waals surface area (Å²) < 4.78 is 5.04. The molecule has 2 heterocycles. The summed E-state index contributed by atoms with van der Waals surface area (Å²) in [6.07, 6.45) is 6.50. The highest BCUT2D eigenvalue weighted by Crippen LogP contribution is 2.25. The van der Waals surface area contributed by atoms with Crippen molar-refractivity contribution in [2.75, 3.05) is 26.2 Å². The second-order valence-electron chi connectivity index (χ2n) is 5.61. The molecule has 0 amide bonds. The van der Waals surface area contributed by atoms with Crippen molar-refractivity contribution in [3.05, 3.63) is 23.0 Å². The fraction of sp³-hybridized carbons (Fsp3) is 0.625. The molecule has 2 aliphatic heterocycles. The van der Waals surface area contributed by atoms with Crippen LogP contribution in [0.2, 0.25) is 0 Å². The number of rotatable bonds is 4. The number of nitrogens with two attached hydrogens (primary N) is 1. The lowest BCUT2D eigenvalue weighted by Crippen LogP contribution is -2.35. The van der Waals surface area contributed by atoms with Crippen LogP contribution in [0.5, 0.6) is 0 Å². The zero-order chi connectivity index (χ0) is 15.2. The molecule has 0 atom stereocenters. The van der Waals surface area contributed by atoms with Gasteiger partial charge in [-0.05, 0) is 51.1 Å². The summed E-state index contributed by atoms with van der Waals surface area (Å²) in [4.78, 5) is 18.6. The van der Waals surface area contributed by atoms with E-state index in [1.165, 1.54) is 5.57 Å².